The van der Waals surface area contributed by atoms with E-state index in [1.54, 1.807) is 13.0 Å². The Morgan fingerprint density at radius 3 is 2.46 bits per heavy atom. The molecule has 0 fully saturated rings. The average Bonchev–Trinajstić information content (AvgIpc) is 2.68. The molecule has 0 radical (unpaired) electrons. The number of hydrogen-bond donors (Lipinski definition) is 3. The monoisotopic (exact) mass is 498 g/mol. The van der Waals surface area contributed by atoms with E-state index < -0.39 is 0 Å². The minimum absolute atomic E-state index is 0. The fraction of sp³-hybridized carbons (Fsp3) is 0.333. The summed E-state index contributed by atoms with van der Waals surface area (Å²) in [5.74, 6) is 0.355. The molecule has 0 bridgehead atoms. The van der Waals surface area contributed by atoms with Crippen LogP contribution in [0.5, 0.6) is 0 Å². The lowest BCUT2D eigenvalue weighted by Crippen LogP contribution is -2.39. The van der Waals surface area contributed by atoms with Crippen LogP contribution in [0.2, 0.25) is 0 Å². The number of halogens is 2. The first-order chi connectivity index (χ1) is 13.1. The van der Waals surface area contributed by atoms with Crippen LogP contribution in [0.15, 0.2) is 53.5 Å². The quantitative estimate of drug-likeness (QED) is 0.297. The smallest absolute Gasteiger partial charge is 0.222 e. The number of nitrogens with zero attached hydrogens (tertiary/aromatic N) is 1. The van der Waals surface area contributed by atoms with Gasteiger partial charge in [-0.1, -0.05) is 42.5 Å². The van der Waals surface area contributed by atoms with Crippen molar-refractivity contribution in [3.63, 3.8) is 0 Å². The van der Waals surface area contributed by atoms with Gasteiger partial charge in [0.25, 0.3) is 0 Å². The fourth-order valence-electron chi connectivity index (χ4n) is 2.43. The van der Waals surface area contributed by atoms with Gasteiger partial charge in [-0.2, -0.15) is 0 Å². The number of carbonyl (C=O) groups is 1. The summed E-state index contributed by atoms with van der Waals surface area (Å²) in [6.07, 6.45) is 0.344. The van der Waals surface area contributed by atoms with E-state index in [0.29, 0.717) is 44.1 Å². The summed E-state index contributed by atoms with van der Waals surface area (Å²) in [5, 5.41) is 9.15. The molecule has 0 aromatic heterocycles. The Labute approximate surface area is 183 Å². The Kier molecular flexibility index (Phi) is 11.2. The molecule has 2 aromatic carbocycles. The van der Waals surface area contributed by atoms with Crippen LogP contribution >= 0.6 is 24.0 Å². The van der Waals surface area contributed by atoms with Crippen molar-refractivity contribution in [3.8, 4) is 0 Å². The number of nitrogens with one attached hydrogen (secondary N) is 3. The highest BCUT2D eigenvalue weighted by atomic mass is 127. The number of benzene rings is 2. The van der Waals surface area contributed by atoms with E-state index in [0.717, 1.165) is 11.1 Å². The van der Waals surface area contributed by atoms with Gasteiger partial charge >= 0.3 is 0 Å². The average molecular weight is 498 g/mol. The van der Waals surface area contributed by atoms with Gasteiger partial charge in [0.1, 0.15) is 5.82 Å². The van der Waals surface area contributed by atoms with Crippen LogP contribution < -0.4 is 16.0 Å². The van der Waals surface area contributed by atoms with E-state index in [-0.39, 0.29) is 35.7 Å². The maximum Gasteiger partial charge on any atom is 0.222 e. The number of carbonyl (C=O) groups excluding carboxylic acids is 1. The van der Waals surface area contributed by atoms with E-state index >= 15 is 0 Å². The third-order valence-electron chi connectivity index (χ3n) is 3.98. The van der Waals surface area contributed by atoms with Gasteiger partial charge in [-0.25, -0.2) is 9.38 Å². The standard InChI is InChI=1S/C21H27FN4O.HI/c1-3-23-21(26-15-18-10-9-16(2)19(22)13-18)24-12-11-20(27)25-14-17-7-5-4-6-8-17;/h4-10,13H,3,11-12,14-15H2,1-2H3,(H,25,27)(H2,23,24,26);1H. The molecular formula is C21H28FIN4O. The zero-order valence-corrected chi connectivity index (χ0v) is 18.6. The number of guanidine groups is 1. The summed E-state index contributed by atoms with van der Waals surface area (Å²) in [5.41, 5.74) is 2.49. The number of hydrogen-bond acceptors (Lipinski definition) is 2. The van der Waals surface area contributed by atoms with Crippen LogP contribution in [0.25, 0.3) is 0 Å². The largest absolute Gasteiger partial charge is 0.357 e. The van der Waals surface area contributed by atoms with Crippen molar-refractivity contribution in [2.75, 3.05) is 13.1 Å². The summed E-state index contributed by atoms with van der Waals surface area (Å²) >= 11 is 0. The lowest BCUT2D eigenvalue weighted by Gasteiger charge is -2.11. The van der Waals surface area contributed by atoms with Gasteiger partial charge in [-0.05, 0) is 36.6 Å². The highest BCUT2D eigenvalue weighted by Gasteiger charge is 2.04. The molecule has 0 atom stereocenters. The van der Waals surface area contributed by atoms with Crippen LogP contribution in [0.4, 0.5) is 4.39 Å². The van der Waals surface area contributed by atoms with E-state index in [4.69, 9.17) is 0 Å². The second-order valence-corrected chi connectivity index (χ2v) is 6.22. The maximum atomic E-state index is 13.6. The van der Waals surface area contributed by atoms with E-state index in [1.165, 1.54) is 6.07 Å². The third-order valence-corrected chi connectivity index (χ3v) is 3.98. The SMILES string of the molecule is CCNC(=NCc1ccc(C)c(F)c1)NCCC(=O)NCc1ccccc1.I. The molecule has 0 aliphatic carbocycles. The molecule has 0 saturated heterocycles. The highest BCUT2D eigenvalue weighted by Crippen LogP contribution is 2.09. The van der Waals surface area contributed by atoms with Crippen molar-refractivity contribution in [2.45, 2.75) is 33.4 Å². The van der Waals surface area contributed by atoms with Crippen molar-refractivity contribution >= 4 is 35.8 Å². The van der Waals surface area contributed by atoms with Crippen LogP contribution in [0, 0.1) is 12.7 Å². The molecule has 2 rings (SSSR count). The lowest BCUT2D eigenvalue weighted by molar-refractivity contribution is -0.121. The number of rotatable bonds is 8. The Morgan fingerprint density at radius 2 is 1.79 bits per heavy atom. The van der Waals surface area contributed by atoms with Gasteiger partial charge in [0.05, 0.1) is 6.54 Å². The van der Waals surface area contributed by atoms with Crippen molar-refractivity contribution < 1.29 is 9.18 Å². The third kappa shape index (κ3) is 8.69. The number of aliphatic imine (C=N–C) groups is 1. The van der Waals surface area contributed by atoms with E-state index in [2.05, 4.69) is 20.9 Å². The number of amides is 1. The topological polar surface area (TPSA) is 65.5 Å². The summed E-state index contributed by atoms with van der Waals surface area (Å²) < 4.78 is 13.6. The highest BCUT2D eigenvalue weighted by molar-refractivity contribution is 14.0. The molecule has 0 heterocycles. The zero-order chi connectivity index (χ0) is 19.5. The lowest BCUT2D eigenvalue weighted by atomic mass is 10.1. The van der Waals surface area contributed by atoms with Crippen molar-refractivity contribution in [1.29, 1.82) is 0 Å². The van der Waals surface area contributed by atoms with Crippen molar-refractivity contribution in [2.24, 2.45) is 4.99 Å². The first kappa shape index (κ1) is 23.9. The summed E-state index contributed by atoms with van der Waals surface area (Å²) in [4.78, 5) is 16.4. The summed E-state index contributed by atoms with van der Waals surface area (Å²) in [6, 6.07) is 14.9. The second-order valence-electron chi connectivity index (χ2n) is 6.22. The molecule has 0 spiro atoms. The molecule has 0 unspecified atom stereocenters. The van der Waals surface area contributed by atoms with E-state index in [1.807, 2.05) is 43.3 Å². The molecule has 0 aliphatic heterocycles. The van der Waals surface area contributed by atoms with Crippen LogP contribution in [0.1, 0.15) is 30.0 Å². The summed E-state index contributed by atoms with van der Waals surface area (Å²) in [7, 11) is 0. The van der Waals surface area contributed by atoms with Gasteiger partial charge in [-0.3, -0.25) is 4.79 Å². The number of aryl methyl sites for hydroxylation is 1. The van der Waals surface area contributed by atoms with Gasteiger partial charge in [0.15, 0.2) is 5.96 Å². The van der Waals surface area contributed by atoms with E-state index in [9.17, 15) is 9.18 Å². The molecule has 0 saturated carbocycles. The van der Waals surface area contributed by atoms with Crippen LogP contribution in [-0.2, 0) is 17.9 Å². The predicted octanol–water partition coefficient (Wildman–Crippen LogP) is 3.51. The zero-order valence-electron chi connectivity index (χ0n) is 16.3. The molecule has 3 N–H and O–H groups in total. The molecule has 28 heavy (non-hydrogen) atoms. The Balaban J connectivity index is 0.00000392. The minimum atomic E-state index is -0.226. The van der Waals surface area contributed by atoms with Crippen LogP contribution in [0.3, 0.4) is 0 Å². The predicted molar refractivity (Wildman–Crippen MR) is 122 cm³/mol. The molecule has 1 amide bonds. The Morgan fingerprint density at radius 1 is 1.04 bits per heavy atom. The normalized spacial score (nSPS) is 10.8. The van der Waals surface area contributed by atoms with Crippen molar-refractivity contribution in [1.82, 2.24) is 16.0 Å². The van der Waals surface area contributed by atoms with Crippen LogP contribution in [-0.4, -0.2) is 25.0 Å². The van der Waals surface area contributed by atoms with Gasteiger partial charge in [0, 0.05) is 26.1 Å². The first-order valence-electron chi connectivity index (χ1n) is 9.16. The molecule has 2 aromatic rings. The molecule has 5 nitrogen and oxygen atoms in total. The molecule has 152 valence electrons. The van der Waals surface area contributed by atoms with Gasteiger partial charge in [-0.15, -0.1) is 24.0 Å². The fourth-order valence-corrected chi connectivity index (χ4v) is 2.43. The second kappa shape index (κ2) is 13.1. The Bertz CT molecular complexity index is 768. The first-order valence-corrected chi connectivity index (χ1v) is 9.16. The molecule has 0 aliphatic rings. The summed E-state index contributed by atoms with van der Waals surface area (Å²) in [6.45, 7) is 5.76. The van der Waals surface area contributed by atoms with Crippen molar-refractivity contribution in [3.05, 3.63) is 71.0 Å². The van der Waals surface area contributed by atoms with Gasteiger partial charge < -0.3 is 16.0 Å². The molecule has 7 heteroatoms. The minimum Gasteiger partial charge on any atom is -0.357 e. The Hall–Kier alpha value is -2.16. The maximum absolute atomic E-state index is 13.6. The molecular weight excluding hydrogens is 470 g/mol. The van der Waals surface area contributed by atoms with Gasteiger partial charge in [0.2, 0.25) is 5.91 Å².